The number of amides is 9. The second kappa shape index (κ2) is 51.5. The zero-order chi connectivity index (χ0) is 85.1. The molecule has 0 radical (unpaired) electrons. The van der Waals surface area contributed by atoms with Gasteiger partial charge in [0.15, 0.2) is 18.9 Å². The number of ether oxygens (including phenoxy) is 6. The third-order valence-electron chi connectivity index (χ3n) is 20.9. The van der Waals surface area contributed by atoms with E-state index in [2.05, 4.69) is 31.9 Å². The van der Waals surface area contributed by atoms with Crippen LogP contribution in [0.4, 0.5) is 0 Å². The molecule has 6 aliphatic rings. The summed E-state index contributed by atoms with van der Waals surface area (Å²) in [4.78, 5) is 140. The molecule has 0 saturated carbocycles. The highest BCUT2D eigenvalue weighted by molar-refractivity contribution is 7.47. The Morgan fingerprint density at radius 2 is 0.716 bits per heavy atom. The maximum atomic E-state index is 14.0. The summed E-state index contributed by atoms with van der Waals surface area (Å²) in [5, 5.41) is 117. The SMILES string of the molecule is CC(=O)NC1C(OCCCCC(=O)NCCCCCC(=O)N2CCC[C@H]2COP(=O)(O)O[C@@H]2C[C@@H](COP(=O)(O)O[C@@H]3C[C@@H](CO)N(C(=O)CCCCCNC(=O)CCCCOC4OC(CO)C(O)C(O)C4NC(C)=O)C3)N(C(=O)CCCCCNC(=O)CCCCOC3OC(CO)C(O)C(O)C3NC(C)=O)C2)OC(CO)C(O)C1O. The van der Waals surface area contributed by atoms with Crippen LogP contribution in [0, 0.1) is 0 Å². The number of hydrogen-bond acceptors (Lipinski definition) is 31. The Morgan fingerprint density at radius 3 is 1.05 bits per heavy atom. The molecule has 0 spiro atoms. The first kappa shape index (κ1) is 99.6. The van der Waals surface area contributed by atoms with Gasteiger partial charge in [-0.25, -0.2) is 9.13 Å². The van der Waals surface area contributed by atoms with Gasteiger partial charge in [-0.1, -0.05) is 19.3 Å². The van der Waals surface area contributed by atoms with Crippen molar-refractivity contribution in [3.63, 3.8) is 0 Å². The predicted octanol–water partition coefficient (Wildman–Crippen LogP) is -3.40. The molecule has 0 aromatic rings. The molecule has 17 unspecified atom stereocenters. The van der Waals surface area contributed by atoms with Crippen LogP contribution in [0.15, 0.2) is 0 Å². The molecule has 6 fully saturated rings. The second-order valence-corrected chi connectivity index (χ2v) is 33.0. The molecule has 6 aliphatic heterocycles. The number of rotatable bonds is 53. The topological polar surface area (TPSA) is 605 Å². The van der Waals surface area contributed by atoms with Crippen molar-refractivity contribution in [3.8, 4) is 0 Å². The monoisotopic (exact) mass is 1710 g/mol. The Labute approximate surface area is 674 Å². The maximum Gasteiger partial charge on any atom is 0.472 e. The number of carbonyl (C=O) groups excluding carboxylic acids is 9. The predicted molar refractivity (Wildman–Crippen MR) is 403 cm³/mol. The molecule has 44 heteroatoms. The van der Waals surface area contributed by atoms with Crippen LogP contribution in [0.2, 0.25) is 0 Å². The van der Waals surface area contributed by atoms with Crippen molar-refractivity contribution < 1.29 is 160 Å². The zero-order valence-corrected chi connectivity index (χ0v) is 68.3. The van der Waals surface area contributed by atoms with Gasteiger partial charge >= 0.3 is 15.6 Å². The average molecular weight is 1710 g/mol. The summed E-state index contributed by atoms with van der Waals surface area (Å²) in [6.07, 6.45) is -9.50. The molecule has 0 aromatic heterocycles. The molecule has 0 bridgehead atoms. The molecule has 42 nitrogen and oxygen atoms in total. The Hall–Kier alpha value is -5.19. The van der Waals surface area contributed by atoms with E-state index in [-0.39, 0.29) is 127 Å². The van der Waals surface area contributed by atoms with E-state index in [9.17, 15) is 113 Å². The van der Waals surface area contributed by atoms with Crippen LogP contribution >= 0.6 is 15.6 Å². The van der Waals surface area contributed by atoms with E-state index in [1.54, 1.807) is 4.90 Å². The Morgan fingerprint density at radius 1 is 0.397 bits per heavy atom. The van der Waals surface area contributed by atoms with Crippen LogP contribution in [-0.4, -0.2) is 350 Å². The lowest BCUT2D eigenvalue weighted by Gasteiger charge is -2.42. The van der Waals surface area contributed by atoms with Gasteiger partial charge in [-0.2, -0.15) is 0 Å². The smallest absolute Gasteiger partial charge is 0.394 e. The first-order valence-electron chi connectivity index (χ1n) is 40.4. The first-order valence-corrected chi connectivity index (χ1v) is 43.4. The highest BCUT2D eigenvalue weighted by atomic mass is 31.2. The number of hydrogen-bond donors (Lipinski definition) is 18. The van der Waals surface area contributed by atoms with Crippen LogP contribution in [0.1, 0.15) is 181 Å². The highest BCUT2D eigenvalue weighted by Gasteiger charge is 2.49. The van der Waals surface area contributed by atoms with Gasteiger partial charge in [0.2, 0.25) is 53.2 Å². The molecule has 18 N–H and O–H groups in total. The number of nitrogens with zero attached hydrogens (tertiary/aromatic N) is 3. The van der Waals surface area contributed by atoms with E-state index >= 15 is 0 Å². The van der Waals surface area contributed by atoms with Gasteiger partial charge < -0.3 is 136 Å². The molecule has 6 rings (SSSR count). The van der Waals surface area contributed by atoms with E-state index in [0.29, 0.717) is 129 Å². The van der Waals surface area contributed by atoms with Gasteiger partial charge in [0.25, 0.3) is 0 Å². The summed E-state index contributed by atoms with van der Waals surface area (Å²) in [5.41, 5.74) is 0. The number of aliphatic hydroxyl groups excluding tert-OH is 10. The molecule has 116 heavy (non-hydrogen) atoms. The summed E-state index contributed by atoms with van der Waals surface area (Å²) in [6, 6.07) is -5.62. The molecule has 6 saturated heterocycles. The molecule has 668 valence electrons. The van der Waals surface area contributed by atoms with Gasteiger partial charge in [0.05, 0.1) is 70.0 Å². The lowest BCUT2D eigenvalue weighted by molar-refractivity contribution is -0.270. The highest BCUT2D eigenvalue weighted by Crippen LogP contribution is 2.50. The second-order valence-electron chi connectivity index (χ2n) is 30.2. The summed E-state index contributed by atoms with van der Waals surface area (Å²) < 4.78 is 83.4. The summed E-state index contributed by atoms with van der Waals surface area (Å²) in [6.45, 7) is 1.56. The standard InChI is InChI=1S/C72H127N9O33P2/c1-44(86)76-61-67(98)64(95)52(39-83)110-70(61)105-31-16-10-21-55(89)73-27-13-4-7-24-58(92)79-30-19-20-47(79)42-108-115(101,102)114-51-35-49(81(37-51)60(94)26-9-6-15-29-75-57(91)23-12-18-33-107-72-63(78-46(3)88)69(100)66(97)54(41-85)112-72)43-109-116(103,104)113-50-34-48(38-82)80(36-50)59(93)25-8-5-14-28-74-56(90)22-11-17-32-106-71-62(77-45(2)87)68(99)65(96)53(40-84)111-71/h47-54,61-72,82-85,95-100H,4-43H2,1-3H3,(H,73,89)(H,74,90)(H,75,91)(H,76,86)(H,77,87)(H,78,88)(H,101,102)(H,103,104)/t47-,48-,49-,50+,51+,52?,53?,54?,61?,62?,63?,64?,65?,66?,67?,68?,69?,70?,71?,72?/m0/s1. The lowest BCUT2D eigenvalue weighted by Crippen LogP contribution is -2.64. The van der Waals surface area contributed by atoms with Gasteiger partial charge in [-0.15, -0.1) is 0 Å². The quantitative estimate of drug-likeness (QED) is 0.0208. The maximum absolute atomic E-state index is 14.0. The third-order valence-corrected chi connectivity index (χ3v) is 23.0. The number of unbranched alkanes of at least 4 members (excludes halogenated alkanes) is 9. The van der Waals surface area contributed by atoms with Crippen LogP contribution < -0.4 is 31.9 Å². The van der Waals surface area contributed by atoms with Crippen molar-refractivity contribution in [2.75, 3.05) is 98.7 Å². The van der Waals surface area contributed by atoms with Crippen LogP contribution in [-0.2, 0) is 98.8 Å². The number of nitrogens with one attached hydrogen (secondary N) is 6. The van der Waals surface area contributed by atoms with E-state index in [4.69, 9.17) is 46.5 Å². The summed E-state index contributed by atoms with van der Waals surface area (Å²) in [5.74, 6) is -3.18. The fraction of sp³-hybridized carbons (Fsp3) is 0.875. The Kier molecular flexibility index (Phi) is 44.3. The molecular weight excluding hydrogens is 1580 g/mol. The first-order chi connectivity index (χ1) is 55.3. The zero-order valence-electron chi connectivity index (χ0n) is 66.5. The number of likely N-dealkylation sites (tertiary alicyclic amines) is 3. The van der Waals surface area contributed by atoms with Gasteiger partial charge in [-0.05, 0) is 103 Å². The number of phosphoric ester groups is 2. The summed E-state index contributed by atoms with van der Waals surface area (Å²) in [7, 11) is -9.90. The number of aliphatic hydroxyl groups is 10. The number of phosphoric acid groups is 2. The van der Waals surface area contributed by atoms with Crippen molar-refractivity contribution in [2.45, 2.75) is 304 Å². The minimum atomic E-state index is -4.99. The van der Waals surface area contributed by atoms with Gasteiger partial charge in [-0.3, -0.25) is 61.2 Å². The molecular formula is C72H127N9O33P2. The van der Waals surface area contributed by atoms with Crippen LogP contribution in [0.3, 0.4) is 0 Å². The van der Waals surface area contributed by atoms with Crippen molar-refractivity contribution in [3.05, 3.63) is 0 Å². The molecule has 9 amide bonds. The fourth-order valence-electron chi connectivity index (χ4n) is 14.7. The lowest BCUT2D eigenvalue weighted by atomic mass is 9.97. The minimum absolute atomic E-state index is 0.0279. The number of carbonyl (C=O) groups is 9. The minimum Gasteiger partial charge on any atom is -0.394 e. The van der Waals surface area contributed by atoms with Crippen LogP contribution in [0.25, 0.3) is 0 Å². The van der Waals surface area contributed by atoms with Crippen molar-refractivity contribution in [2.24, 2.45) is 0 Å². The van der Waals surface area contributed by atoms with Crippen molar-refractivity contribution in [1.82, 2.24) is 46.6 Å². The van der Waals surface area contributed by atoms with E-state index in [1.165, 1.54) is 30.6 Å². The Bertz CT molecular complexity index is 3150. The molecule has 22 atom stereocenters. The fourth-order valence-corrected chi connectivity index (χ4v) is 16.6. The van der Waals surface area contributed by atoms with Crippen molar-refractivity contribution >= 4 is 68.8 Å². The summed E-state index contributed by atoms with van der Waals surface area (Å²) >= 11 is 0. The molecule has 0 aromatic carbocycles. The molecule has 6 heterocycles. The van der Waals surface area contributed by atoms with E-state index in [1.807, 2.05) is 0 Å². The van der Waals surface area contributed by atoms with Gasteiger partial charge in [0, 0.05) is 118 Å². The van der Waals surface area contributed by atoms with Crippen LogP contribution in [0.5, 0.6) is 0 Å². The average Bonchev–Trinajstić information content (AvgIpc) is 1.29. The third kappa shape index (κ3) is 33.7. The largest absolute Gasteiger partial charge is 0.472 e. The Balaban J connectivity index is 0.914. The normalized spacial score (nSPS) is 29.8. The van der Waals surface area contributed by atoms with E-state index in [0.717, 1.165) is 0 Å². The van der Waals surface area contributed by atoms with E-state index < -0.39 is 195 Å². The van der Waals surface area contributed by atoms with Crippen molar-refractivity contribution in [1.29, 1.82) is 0 Å². The van der Waals surface area contributed by atoms with Gasteiger partial charge in [0.1, 0.15) is 73.1 Å². The molecule has 0 aliphatic carbocycles.